The Hall–Kier alpha value is -0.800. The van der Waals surface area contributed by atoms with Gasteiger partial charge in [0.2, 0.25) is 0 Å². The van der Waals surface area contributed by atoms with E-state index in [0.717, 1.165) is 12.3 Å². The van der Waals surface area contributed by atoms with Crippen LogP contribution in [0.1, 0.15) is 12.7 Å². The molecule has 0 bridgehead atoms. The number of hydrogen-bond acceptors (Lipinski definition) is 3. The van der Waals surface area contributed by atoms with E-state index >= 15 is 0 Å². The summed E-state index contributed by atoms with van der Waals surface area (Å²) in [5, 5.41) is 9.08. The maximum atomic E-state index is 9.08. The molecule has 0 saturated carbocycles. The van der Waals surface area contributed by atoms with E-state index in [1.54, 1.807) is 13.2 Å². The van der Waals surface area contributed by atoms with Gasteiger partial charge in [-0.2, -0.15) is 0 Å². The average molecular weight is 169 g/mol. The minimum Gasteiger partial charge on any atom is -0.468 e. The summed E-state index contributed by atoms with van der Waals surface area (Å²) in [5.74, 6) is 0.929. The van der Waals surface area contributed by atoms with E-state index in [4.69, 9.17) is 9.52 Å². The molecule has 0 aliphatic carbocycles. The Bertz CT molecular complexity index is 206. The maximum Gasteiger partial charge on any atom is 0.117 e. The van der Waals surface area contributed by atoms with Crippen LogP contribution in [-0.2, 0) is 6.54 Å². The quantitative estimate of drug-likeness (QED) is 0.733. The first-order valence-corrected chi connectivity index (χ1v) is 4.07. The second-order valence-corrected chi connectivity index (χ2v) is 3.13. The summed E-state index contributed by atoms with van der Waals surface area (Å²) < 4.78 is 5.16. The van der Waals surface area contributed by atoms with Crippen LogP contribution in [0.5, 0.6) is 0 Å². The number of hydrogen-bond donors (Lipinski definition) is 1. The zero-order chi connectivity index (χ0) is 8.97. The minimum absolute atomic E-state index is 0.287. The summed E-state index contributed by atoms with van der Waals surface area (Å²) in [6.07, 6.45) is 1.37. The standard InChI is InChI=1S/C9H15NO2/c1-8(11)6-10(2)7-9-4-3-5-12-9/h3-5,8,11H,6-7H2,1-2H3/t8-/m1/s1. The molecule has 0 spiro atoms. The average Bonchev–Trinajstić information content (AvgIpc) is 2.37. The highest BCUT2D eigenvalue weighted by Crippen LogP contribution is 2.03. The normalized spacial score (nSPS) is 13.7. The molecule has 0 fully saturated rings. The minimum atomic E-state index is -0.287. The summed E-state index contributed by atoms with van der Waals surface area (Å²) in [7, 11) is 1.95. The highest BCUT2D eigenvalue weighted by molar-refractivity contribution is 4.97. The third-order valence-electron chi connectivity index (χ3n) is 1.58. The lowest BCUT2D eigenvalue weighted by molar-refractivity contribution is 0.134. The van der Waals surface area contributed by atoms with E-state index in [9.17, 15) is 0 Å². The van der Waals surface area contributed by atoms with Crippen LogP contribution in [0.3, 0.4) is 0 Å². The zero-order valence-electron chi connectivity index (χ0n) is 7.53. The van der Waals surface area contributed by atoms with Gasteiger partial charge in [-0.3, -0.25) is 4.90 Å². The van der Waals surface area contributed by atoms with Crippen molar-refractivity contribution in [2.24, 2.45) is 0 Å². The van der Waals surface area contributed by atoms with Crippen molar-refractivity contribution < 1.29 is 9.52 Å². The predicted octanol–water partition coefficient (Wildman–Crippen LogP) is 1.09. The van der Waals surface area contributed by atoms with Gasteiger partial charge in [0.15, 0.2) is 0 Å². The van der Waals surface area contributed by atoms with Crippen molar-refractivity contribution in [1.29, 1.82) is 0 Å². The number of rotatable bonds is 4. The van der Waals surface area contributed by atoms with Crippen LogP contribution in [0.2, 0.25) is 0 Å². The summed E-state index contributed by atoms with van der Waals surface area (Å²) in [4.78, 5) is 2.02. The molecule has 68 valence electrons. The van der Waals surface area contributed by atoms with Crippen LogP contribution < -0.4 is 0 Å². The molecule has 1 rings (SSSR count). The van der Waals surface area contributed by atoms with Crippen molar-refractivity contribution >= 4 is 0 Å². The van der Waals surface area contributed by atoms with Crippen molar-refractivity contribution in [2.45, 2.75) is 19.6 Å². The molecule has 1 aromatic heterocycles. The number of likely N-dealkylation sites (N-methyl/N-ethyl adjacent to an activating group) is 1. The largest absolute Gasteiger partial charge is 0.468 e. The first-order chi connectivity index (χ1) is 5.68. The summed E-state index contributed by atoms with van der Waals surface area (Å²) in [5.41, 5.74) is 0. The maximum absolute atomic E-state index is 9.08. The van der Waals surface area contributed by atoms with Gasteiger partial charge in [0.1, 0.15) is 5.76 Å². The second kappa shape index (κ2) is 4.28. The molecule has 0 aliphatic heterocycles. The summed E-state index contributed by atoms with van der Waals surface area (Å²) >= 11 is 0. The highest BCUT2D eigenvalue weighted by Gasteiger charge is 2.04. The fourth-order valence-corrected chi connectivity index (χ4v) is 1.18. The second-order valence-electron chi connectivity index (χ2n) is 3.13. The number of aliphatic hydroxyl groups excluding tert-OH is 1. The molecular formula is C9H15NO2. The molecule has 0 aliphatic rings. The van der Waals surface area contributed by atoms with Gasteiger partial charge >= 0.3 is 0 Å². The van der Waals surface area contributed by atoms with Gasteiger partial charge in [-0.15, -0.1) is 0 Å². The van der Waals surface area contributed by atoms with Gasteiger partial charge in [0, 0.05) is 6.54 Å². The van der Waals surface area contributed by atoms with Crippen LogP contribution in [0.4, 0.5) is 0 Å². The van der Waals surface area contributed by atoms with Crippen molar-refractivity contribution in [3.8, 4) is 0 Å². The van der Waals surface area contributed by atoms with Gasteiger partial charge in [-0.1, -0.05) is 0 Å². The van der Waals surface area contributed by atoms with Crippen LogP contribution in [0.15, 0.2) is 22.8 Å². The molecular weight excluding hydrogens is 154 g/mol. The van der Waals surface area contributed by atoms with E-state index in [1.807, 2.05) is 24.1 Å². The van der Waals surface area contributed by atoms with Crippen molar-refractivity contribution in [2.75, 3.05) is 13.6 Å². The summed E-state index contributed by atoms with van der Waals surface area (Å²) in [6, 6.07) is 3.80. The molecule has 0 unspecified atom stereocenters. The van der Waals surface area contributed by atoms with Crippen molar-refractivity contribution in [1.82, 2.24) is 4.90 Å². The van der Waals surface area contributed by atoms with Gasteiger partial charge < -0.3 is 9.52 Å². The lowest BCUT2D eigenvalue weighted by atomic mass is 10.3. The van der Waals surface area contributed by atoms with Gasteiger partial charge in [0.25, 0.3) is 0 Å². The Balaban J connectivity index is 2.32. The SMILES string of the molecule is C[C@@H](O)CN(C)Cc1ccco1. The van der Waals surface area contributed by atoms with E-state index < -0.39 is 0 Å². The number of nitrogens with zero attached hydrogens (tertiary/aromatic N) is 1. The van der Waals surface area contributed by atoms with Gasteiger partial charge in [0.05, 0.1) is 18.9 Å². The van der Waals surface area contributed by atoms with Crippen LogP contribution in [0.25, 0.3) is 0 Å². The molecule has 1 heterocycles. The molecule has 0 aromatic carbocycles. The fraction of sp³-hybridized carbons (Fsp3) is 0.556. The Morgan fingerprint density at radius 2 is 2.42 bits per heavy atom. The predicted molar refractivity (Wildman–Crippen MR) is 46.7 cm³/mol. The van der Waals surface area contributed by atoms with E-state index in [0.29, 0.717) is 6.54 Å². The third kappa shape index (κ3) is 3.07. The van der Waals surface area contributed by atoms with Crippen LogP contribution in [-0.4, -0.2) is 29.7 Å². The monoisotopic (exact) mass is 169 g/mol. The zero-order valence-corrected chi connectivity index (χ0v) is 7.53. The Morgan fingerprint density at radius 1 is 1.67 bits per heavy atom. The van der Waals surface area contributed by atoms with Crippen molar-refractivity contribution in [3.63, 3.8) is 0 Å². The lowest BCUT2D eigenvalue weighted by Crippen LogP contribution is -2.26. The molecule has 12 heavy (non-hydrogen) atoms. The molecule has 0 saturated heterocycles. The molecule has 3 nitrogen and oxygen atoms in total. The first-order valence-electron chi connectivity index (χ1n) is 4.07. The van der Waals surface area contributed by atoms with Gasteiger partial charge in [-0.25, -0.2) is 0 Å². The first kappa shape index (κ1) is 9.29. The molecule has 0 radical (unpaired) electrons. The lowest BCUT2D eigenvalue weighted by Gasteiger charge is -2.16. The summed E-state index contributed by atoms with van der Waals surface area (Å²) in [6.45, 7) is 3.19. The Morgan fingerprint density at radius 3 is 2.92 bits per heavy atom. The van der Waals surface area contributed by atoms with Crippen LogP contribution in [0, 0.1) is 0 Å². The third-order valence-corrected chi connectivity index (χ3v) is 1.58. The van der Waals surface area contributed by atoms with Crippen molar-refractivity contribution in [3.05, 3.63) is 24.2 Å². The van der Waals surface area contributed by atoms with E-state index in [-0.39, 0.29) is 6.10 Å². The number of furan rings is 1. The Kier molecular flexibility index (Phi) is 3.31. The molecule has 1 aromatic rings. The van der Waals surface area contributed by atoms with Gasteiger partial charge in [-0.05, 0) is 26.1 Å². The van der Waals surface area contributed by atoms with E-state index in [2.05, 4.69) is 0 Å². The fourth-order valence-electron chi connectivity index (χ4n) is 1.18. The topological polar surface area (TPSA) is 36.6 Å². The molecule has 1 atom stereocenters. The smallest absolute Gasteiger partial charge is 0.117 e. The number of aliphatic hydroxyl groups is 1. The molecule has 3 heteroatoms. The Labute approximate surface area is 72.6 Å². The highest BCUT2D eigenvalue weighted by atomic mass is 16.3. The molecule has 0 amide bonds. The van der Waals surface area contributed by atoms with Crippen LogP contribution >= 0.6 is 0 Å². The molecule has 1 N–H and O–H groups in total. The van der Waals surface area contributed by atoms with E-state index in [1.165, 1.54) is 0 Å².